The number of carbonyl (C=O) groups is 2. The van der Waals surface area contributed by atoms with Crippen molar-refractivity contribution in [3.05, 3.63) is 112 Å². The summed E-state index contributed by atoms with van der Waals surface area (Å²) in [6.45, 7) is 15.8. The van der Waals surface area contributed by atoms with Gasteiger partial charge in [0.2, 0.25) is 5.91 Å². The predicted octanol–water partition coefficient (Wildman–Crippen LogP) is 7.61. The highest BCUT2D eigenvalue weighted by molar-refractivity contribution is 6.31. The minimum atomic E-state index is -0.646. The summed E-state index contributed by atoms with van der Waals surface area (Å²) < 4.78 is 6.29. The Labute approximate surface area is 323 Å². The van der Waals surface area contributed by atoms with Crippen LogP contribution in [-0.4, -0.2) is 87.3 Å². The number of urea groups is 1. The molecule has 0 radical (unpaired) electrons. The number of ether oxygens (including phenoxy) is 1. The van der Waals surface area contributed by atoms with Gasteiger partial charge >= 0.3 is 6.03 Å². The minimum absolute atomic E-state index is 0.0260. The Balaban J connectivity index is 1.48. The molecule has 1 fully saturated rings. The molecule has 3 heterocycles. The maximum absolute atomic E-state index is 14.9. The number of aliphatic imine (C=N–C) groups is 1. The summed E-state index contributed by atoms with van der Waals surface area (Å²) in [6, 6.07) is 13.0. The second kappa shape index (κ2) is 17.7. The molecule has 2 aliphatic rings. The molecule has 0 spiro atoms. The van der Waals surface area contributed by atoms with Crippen LogP contribution < -0.4 is 10.1 Å². The van der Waals surface area contributed by atoms with Crippen LogP contribution in [0.25, 0.3) is 0 Å². The fourth-order valence-electron chi connectivity index (χ4n) is 6.26. The number of rotatable bonds is 11. The molecule has 3 amide bonds. The lowest BCUT2D eigenvalue weighted by Gasteiger charge is -2.39. The summed E-state index contributed by atoms with van der Waals surface area (Å²) in [6.07, 6.45) is 11.9. The maximum Gasteiger partial charge on any atom is 0.326 e. The standard InChI is InChI=1S/C41H51Cl2N7O3/c1-7-53-35-24-36(40(2,3)4)45-26-34(35)38(47-41(5,6)31-10-14-33(43)15-11-31)50(27-30-8-12-32(42)13-9-30)39(52)49-22-20-48(21-23-49)28-37(51)46-25-29-16-18-44-19-17-29/h8-10,12-19,24,26,31H,7,11,20-23,25,27-28H2,1-6H3,(H,46,51)/b47-38-. The van der Waals surface area contributed by atoms with Gasteiger partial charge in [-0.1, -0.05) is 68.3 Å². The average molecular weight is 761 g/mol. The van der Waals surface area contributed by atoms with E-state index in [1.54, 1.807) is 23.5 Å². The number of hydrogen-bond donors (Lipinski definition) is 1. The Hall–Kier alpha value is -4.25. The number of carbonyl (C=O) groups excluding carboxylic acids is 2. The first kappa shape index (κ1) is 39.9. The van der Waals surface area contributed by atoms with Gasteiger partial charge in [0.05, 0.1) is 30.8 Å². The summed E-state index contributed by atoms with van der Waals surface area (Å²) in [5.74, 6) is 1.04. The van der Waals surface area contributed by atoms with Crippen LogP contribution in [0.3, 0.4) is 0 Å². The smallest absolute Gasteiger partial charge is 0.326 e. The number of hydrogen-bond acceptors (Lipinski definition) is 7. The predicted molar refractivity (Wildman–Crippen MR) is 212 cm³/mol. The first-order valence-electron chi connectivity index (χ1n) is 18.2. The number of benzene rings is 1. The number of halogens is 2. The molecule has 1 aliphatic carbocycles. The van der Waals surface area contributed by atoms with Gasteiger partial charge in [-0.25, -0.2) is 4.79 Å². The molecule has 1 saturated heterocycles. The van der Waals surface area contributed by atoms with Gasteiger partial charge in [-0.2, -0.15) is 0 Å². The zero-order valence-electron chi connectivity index (χ0n) is 31.6. The van der Waals surface area contributed by atoms with E-state index >= 15 is 0 Å². The van der Waals surface area contributed by atoms with Crippen molar-refractivity contribution in [3.63, 3.8) is 0 Å². The van der Waals surface area contributed by atoms with Crippen molar-refractivity contribution in [2.75, 3.05) is 39.3 Å². The Bertz CT molecular complexity index is 1810. The average Bonchev–Trinajstić information content (AvgIpc) is 3.13. The van der Waals surface area contributed by atoms with E-state index in [4.69, 9.17) is 37.9 Å². The van der Waals surface area contributed by atoms with Crippen LogP contribution >= 0.6 is 23.2 Å². The van der Waals surface area contributed by atoms with E-state index in [0.29, 0.717) is 73.0 Å². The van der Waals surface area contributed by atoms with Crippen LogP contribution in [0.2, 0.25) is 5.02 Å². The third-order valence-corrected chi connectivity index (χ3v) is 10.1. The van der Waals surface area contributed by atoms with E-state index in [1.807, 2.05) is 66.4 Å². The Kier molecular flexibility index (Phi) is 13.4. The minimum Gasteiger partial charge on any atom is -0.493 e. The van der Waals surface area contributed by atoms with Crippen LogP contribution in [-0.2, 0) is 23.3 Å². The van der Waals surface area contributed by atoms with Gasteiger partial charge in [0.25, 0.3) is 0 Å². The van der Waals surface area contributed by atoms with Crippen molar-refractivity contribution in [3.8, 4) is 5.75 Å². The van der Waals surface area contributed by atoms with Crippen LogP contribution in [0.5, 0.6) is 5.75 Å². The molecule has 5 rings (SSSR count). The lowest BCUT2D eigenvalue weighted by atomic mass is 9.83. The molecule has 282 valence electrons. The fourth-order valence-corrected chi connectivity index (χ4v) is 6.55. The highest BCUT2D eigenvalue weighted by atomic mass is 35.5. The Morgan fingerprint density at radius 1 is 1.00 bits per heavy atom. The molecular weight excluding hydrogens is 709 g/mol. The number of nitrogens with one attached hydrogen (secondary N) is 1. The molecule has 12 heteroatoms. The molecule has 1 unspecified atom stereocenters. The number of amides is 3. The molecule has 1 N–H and O–H groups in total. The second-order valence-corrected chi connectivity index (χ2v) is 15.9. The summed E-state index contributed by atoms with van der Waals surface area (Å²) in [5, 5.41) is 4.30. The highest BCUT2D eigenvalue weighted by Crippen LogP contribution is 2.34. The normalized spacial score (nSPS) is 17.0. The van der Waals surface area contributed by atoms with Crippen molar-refractivity contribution in [2.45, 2.75) is 72.0 Å². The molecule has 0 bridgehead atoms. The van der Waals surface area contributed by atoms with Gasteiger partial charge in [-0.05, 0) is 68.7 Å². The van der Waals surface area contributed by atoms with Crippen molar-refractivity contribution < 1.29 is 14.3 Å². The lowest BCUT2D eigenvalue weighted by Crippen LogP contribution is -2.55. The van der Waals surface area contributed by atoms with Gasteiger partial charge < -0.3 is 15.0 Å². The second-order valence-electron chi connectivity index (χ2n) is 15.0. The zero-order chi connectivity index (χ0) is 38.2. The highest BCUT2D eigenvalue weighted by Gasteiger charge is 2.35. The number of aromatic nitrogens is 2. The molecule has 1 atom stereocenters. The molecule has 10 nitrogen and oxygen atoms in total. The summed E-state index contributed by atoms with van der Waals surface area (Å²) in [5.41, 5.74) is 2.51. The first-order valence-corrected chi connectivity index (χ1v) is 19.0. The van der Waals surface area contributed by atoms with Gasteiger partial charge in [0.15, 0.2) is 0 Å². The third kappa shape index (κ3) is 10.9. The van der Waals surface area contributed by atoms with E-state index in [2.05, 4.69) is 55.9 Å². The van der Waals surface area contributed by atoms with Crippen molar-refractivity contribution >= 4 is 41.0 Å². The molecule has 53 heavy (non-hydrogen) atoms. The van der Waals surface area contributed by atoms with Crippen LogP contribution in [0, 0.1) is 5.92 Å². The molecule has 0 saturated carbocycles. The van der Waals surface area contributed by atoms with Crippen molar-refractivity contribution in [1.82, 2.24) is 30.0 Å². The SMILES string of the molecule is CCOc1cc(C(C)(C)C)ncc1/C(=N/C(C)(C)C1C=CC(Cl)=CC1)N(Cc1ccc(Cl)cc1)C(=O)N1CCN(CC(=O)NCc2ccncc2)CC1. The molecule has 3 aromatic rings. The van der Waals surface area contributed by atoms with E-state index in [1.165, 1.54) is 0 Å². The van der Waals surface area contributed by atoms with Gasteiger partial charge in [0.1, 0.15) is 11.6 Å². The number of pyridine rings is 2. The number of piperazine rings is 1. The maximum atomic E-state index is 14.9. The van der Waals surface area contributed by atoms with Crippen LogP contribution in [0.1, 0.15) is 70.3 Å². The molecule has 1 aliphatic heterocycles. The number of amidine groups is 1. The Morgan fingerprint density at radius 2 is 1.70 bits per heavy atom. The number of nitrogens with zero attached hydrogens (tertiary/aromatic N) is 6. The lowest BCUT2D eigenvalue weighted by molar-refractivity contribution is -0.122. The van der Waals surface area contributed by atoms with E-state index in [9.17, 15) is 9.59 Å². The largest absolute Gasteiger partial charge is 0.493 e. The fraction of sp³-hybridized carbons (Fsp3) is 0.439. The summed E-state index contributed by atoms with van der Waals surface area (Å²) in [4.78, 5) is 47.8. The van der Waals surface area contributed by atoms with E-state index in [0.717, 1.165) is 16.8 Å². The molecule has 1 aromatic carbocycles. The monoisotopic (exact) mass is 759 g/mol. The zero-order valence-corrected chi connectivity index (χ0v) is 33.1. The quantitative estimate of drug-likeness (QED) is 0.160. The van der Waals surface area contributed by atoms with E-state index < -0.39 is 5.54 Å². The first-order chi connectivity index (χ1) is 25.2. The number of allylic oxidation sites excluding steroid dienone is 3. The van der Waals surface area contributed by atoms with Crippen LogP contribution in [0.4, 0.5) is 4.79 Å². The van der Waals surface area contributed by atoms with Crippen LogP contribution in [0.15, 0.2) is 89.3 Å². The van der Waals surface area contributed by atoms with Crippen molar-refractivity contribution in [2.24, 2.45) is 10.9 Å². The van der Waals surface area contributed by atoms with Crippen molar-refractivity contribution in [1.29, 1.82) is 0 Å². The Morgan fingerprint density at radius 3 is 2.32 bits per heavy atom. The molecule has 2 aromatic heterocycles. The molecular formula is C41H51Cl2N7O3. The van der Waals surface area contributed by atoms with Gasteiger partial charge in [0, 0.05) is 84.5 Å². The van der Waals surface area contributed by atoms with E-state index in [-0.39, 0.29) is 36.4 Å². The third-order valence-electron chi connectivity index (χ3n) is 9.52. The van der Waals surface area contributed by atoms with Gasteiger partial charge in [-0.3, -0.25) is 29.6 Å². The summed E-state index contributed by atoms with van der Waals surface area (Å²) >= 11 is 12.6. The summed E-state index contributed by atoms with van der Waals surface area (Å²) in [7, 11) is 0. The van der Waals surface area contributed by atoms with Gasteiger partial charge in [-0.15, -0.1) is 0 Å². The topological polar surface area (TPSA) is 103 Å².